The van der Waals surface area contributed by atoms with E-state index in [0.717, 1.165) is 18.5 Å². The number of amides is 2. The van der Waals surface area contributed by atoms with Crippen LogP contribution in [0.3, 0.4) is 0 Å². The van der Waals surface area contributed by atoms with Crippen LogP contribution in [0.1, 0.15) is 23.7 Å². The molecule has 3 heterocycles. The Kier molecular flexibility index (Phi) is 7.44. The van der Waals surface area contributed by atoms with E-state index in [9.17, 15) is 18.0 Å². The molecule has 4 rings (SSSR count). The second kappa shape index (κ2) is 10.3. The fourth-order valence-electron chi connectivity index (χ4n) is 4.29. The number of hydrogen-bond acceptors (Lipinski definition) is 6. The molecule has 34 heavy (non-hydrogen) atoms. The SMILES string of the molecule is CCCn1cc(C(=O)N2CCN(C=O)CC2)c(S(=O)(=O)N2CCN(c3ccccc3Cl)CC2)n1. The van der Waals surface area contributed by atoms with Crippen molar-refractivity contribution in [3.05, 3.63) is 41.0 Å². The average molecular weight is 509 g/mol. The van der Waals surface area contributed by atoms with Crippen molar-refractivity contribution >= 4 is 39.6 Å². The van der Waals surface area contributed by atoms with Crippen molar-refractivity contribution in [3.63, 3.8) is 0 Å². The quantitative estimate of drug-likeness (QED) is 0.524. The first-order valence-electron chi connectivity index (χ1n) is 11.4. The van der Waals surface area contributed by atoms with Gasteiger partial charge in [-0.25, -0.2) is 8.42 Å². The highest BCUT2D eigenvalue weighted by Gasteiger charge is 2.36. The number of aryl methyl sites for hydroxylation is 1. The van der Waals surface area contributed by atoms with Crippen LogP contribution < -0.4 is 4.90 Å². The van der Waals surface area contributed by atoms with Gasteiger partial charge in [-0.2, -0.15) is 9.40 Å². The highest BCUT2D eigenvalue weighted by molar-refractivity contribution is 7.89. The molecule has 0 saturated carbocycles. The van der Waals surface area contributed by atoms with Crippen LogP contribution in [0.15, 0.2) is 35.5 Å². The number of carbonyl (C=O) groups is 2. The van der Waals surface area contributed by atoms with Gasteiger partial charge in [-0.05, 0) is 18.6 Å². The molecule has 2 aliphatic heterocycles. The van der Waals surface area contributed by atoms with E-state index in [1.807, 2.05) is 31.2 Å². The lowest BCUT2D eigenvalue weighted by atomic mass is 10.2. The summed E-state index contributed by atoms with van der Waals surface area (Å²) in [7, 11) is -3.98. The smallest absolute Gasteiger partial charge is 0.263 e. The summed E-state index contributed by atoms with van der Waals surface area (Å²) in [6.07, 6.45) is 3.05. The summed E-state index contributed by atoms with van der Waals surface area (Å²) in [6.45, 7) is 5.51. The number of carbonyl (C=O) groups excluding carboxylic acids is 2. The van der Waals surface area contributed by atoms with Gasteiger partial charge in [0.1, 0.15) is 0 Å². The molecule has 0 aliphatic carbocycles. The number of benzene rings is 1. The molecule has 184 valence electrons. The van der Waals surface area contributed by atoms with Crippen molar-refractivity contribution < 1.29 is 18.0 Å². The number of hydrogen-bond donors (Lipinski definition) is 0. The van der Waals surface area contributed by atoms with Crippen LogP contribution in [-0.2, 0) is 21.4 Å². The highest BCUT2D eigenvalue weighted by atomic mass is 35.5. The molecule has 0 atom stereocenters. The van der Waals surface area contributed by atoms with Gasteiger partial charge in [0.2, 0.25) is 11.4 Å². The third-order valence-electron chi connectivity index (χ3n) is 6.18. The molecule has 0 bridgehead atoms. The molecule has 2 aromatic rings. The number of halogens is 1. The van der Waals surface area contributed by atoms with Crippen molar-refractivity contribution in [2.45, 2.75) is 24.9 Å². The maximum absolute atomic E-state index is 13.6. The van der Waals surface area contributed by atoms with Crippen LogP contribution >= 0.6 is 11.6 Å². The molecule has 2 saturated heterocycles. The zero-order valence-electron chi connectivity index (χ0n) is 19.1. The first-order valence-corrected chi connectivity index (χ1v) is 13.2. The third kappa shape index (κ3) is 4.91. The molecule has 2 fully saturated rings. The molecule has 0 N–H and O–H groups in total. The molecule has 2 aliphatic rings. The zero-order valence-corrected chi connectivity index (χ0v) is 20.7. The van der Waals surface area contributed by atoms with Gasteiger partial charge < -0.3 is 14.7 Å². The number of aromatic nitrogens is 2. The summed E-state index contributed by atoms with van der Waals surface area (Å²) in [6, 6.07) is 7.49. The van der Waals surface area contributed by atoms with E-state index >= 15 is 0 Å². The minimum Gasteiger partial charge on any atom is -0.368 e. The van der Waals surface area contributed by atoms with Crippen molar-refractivity contribution in [1.29, 1.82) is 0 Å². The molecule has 12 heteroatoms. The summed E-state index contributed by atoms with van der Waals surface area (Å²) < 4.78 is 30.1. The molecule has 1 aromatic carbocycles. The number of rotatable bonds is 7. The summed E-state index contributed by atoms with van der Waals surface area (Å²) in [4.78, 5) is 29.5. The lowest BCUT2D eigenvalue weighted by Crippen LogP contribution is -2.50. The fourth-order valence-corrected chi connectivity index (χ4v) is 6.05. The predicted octanol–water partition coefficient (Wildman–Crippen LogP) is 1.37. The van der Waals surface area contributed by atoms with E-state index in [1.165, 1.54) is 15.2 Å². The number of piperazine rings is 2. The number of sulfonamides is 1. The minimum atomic E-state index is -3.98. The maximum atomic E-state index is 13.6. The van der Waals surface area contributed by atoms with E-state index < -0.39 is 10.0 Å². The Morgan fingerprint density at radius 3 is 2.35 bits per heavy atom. The molecule has 1 aromatic heterocycles. The maximum Gasteiger partial charge on any atom is 0.263 e. The van der Waals surface area contributed by atoms with Gasteiger partial charge in [0.25, 0.3) is 15.9 Å². The average Bonchev–Trinajstić information content (AvgIpc) is 3.29. The van der Waals surface area contributed by atoms with Gasteiger partial charge in [0.15, 0.2) is 0 Å². The summed E-state index contributed by atoms with van der Waals surface area (Å²) in [5.74, 6) is -0.374. The highest BCUT2D eigenvalue weighted by Crippen LogP contribution is 2.28. The lowest BCUT2D eigenvalue weighted by Gasteiger charge is -2.35. The van der Waals surface area contributed by atoms with Gasteiger partial charge in [-0.15, -0.1) is 0 Å². The van der Waals surface area contributed by atoms with Crippen molar-refractivity contribution in [2.24, 2.45) is 0 Å². The van der Waals surface area contributed by atoms with Gasteiger partial charge in [0, 0.05) is 65.1 Å². The van der Waals surface area contributed by atoms with Crippen LogP contribution in [-0.4, -0.2) is 97.0 Å². The fraction of sp³-hybridized carbons (Fsp3) is 0.500. The Balaban J connectivity index is 1.55. The molecule has 0 unspecified atom stereocenters. The van der Waals surface area contributed by atoms with Gasteiger partial charge >= 0.3 is 0 Å². The van der Waals surface area contributed by atoms with Gasteiger partial charge in [-0.3, -0.25) is 14.3 Å². The molecular formula is C22H29ClN6O4S. The molecular weight excluding hydrogens is 480 g/mol. The third-order valence-corrected chi connectivity index (χ3v) is 8.33. The Morgan fingerprint density at radius 1 is 1.06 bits per heavy atom. The van der Waals surface area contributed by atoms with E-state index in [0.29, 0.717) is 50.8 Å². The second-order valence-electron chi connectivity index (χ2n) is 8.39. The second-order valence-corrected chi connectivity index (χ2v) is 10.6. The van der Waals surface area contributed by atoms with Crippen molar-refractivity contribution in [2.75, 3.05) is 57.3 Å². The molecule has 0 radical (unpaired) electrons. The van der Waals surface area contributed by atoms with E-state index in [4.69, 9.17) is 11.6 Å². The van der Waals surface area contributed by atoms with Crippen LogP contribution in [0.25, 0.3) is 0 Å². The largest absolute Gasteiger partial charge is 0.368 e. The zero-order chi connectivity index (χ0) is 24.3. The Morgan fingerprint density at radius 2 is 1.74 bits per heavy atom. The topological polar surface area (TPSA) is 99.1 Å². The molecule has 10 nitrogen and oxygen atoms in total. The van der Waals surface area contributed by atoms with Crippen LogP contribution in [0.2, 0.25) is 5.02 Å². The Labute approximate surface area is 204 Å². The molecule has 0 spiro atoms. The summed E-state index contributed by atoms with van der Waals surface area (Å²) >= 11 is 6.31. The van der Waals surface area contributed by atoms with E-state index in [1.54, 1.807) is 9.80 Å². The summed E-state index contributed by atoms with van der Waals surface area (Å²) in [5, 5.41) is 4.75. The number of para-hydroxylation sites is 1. The van der Waals surface area contributed by atoms with Crippen molar-refractivity contribution in [3.8, 4) is 0 Å². The number of anilines is 1. The van der Waals surface area contributed by atoms with E-state index in [-0.39, 0.29) is 29.6 Å². The lowest BCUT2D eigenvalue weighted by molar-refractivity contribution is -0.119. The van der Waals surface area contributed by atoms with Crippen molar-refractivity contribution in [1.82, 2.24) is 23.9 Å². The van der Waals surface area contributed by atoms with E-state index in [2.05, 4.69) is 10.00 Å². The standard InChI is InChI=1S/C22H29ClN6O4S/c1-2-7-28-16-18(22(31)27-10-8-25(17-30)9-11-27)21(24-28)34(32,33)29-14-12-26(13-15-29)20-6-4-3-5-19(20)23/h3-6,16-17H,2,7-15H2,1H3. The van der Waals surface area contributed by atoms with Gasteiger partial charge in [0.05, 0.1) is 16.3 Å². The normalized spacial score (nSPS) is 17.8. The monoisotopic (exact) mass is 508 g/mol. The Hall–Kier alpha value is -2.63. The van der Waals surface area contributed by atoms with Crippen LogP contribution in [0.5, 0.6) is 0 Å². The molecule has 2 amide bonds. The minimum absolute atomic E-state index is 0.0848. The first-order chi connectivity index (χ1) is 16.3. The number of nitrogens with zero attached hydrogens (tertiary/aromatic N) is 6. The predicted molar refractivity (Wildman–Crippen MR) is 128 cm³/mol. The van der Waals surface area contributed by atoms with Gasteiger partial charge in [-0.1, -0.05) is 30.7 Å². The van der Waals surface area contributed by atoms with Crippen LogP contribution in [0.4, 0.5) is 5.69 Å². The summed E-state index contributed by atoms with van der Waals surface area (Å²) in [5.41, 5.74) is 0.959. The Bertz CT molecular complexity index is 1140. The van der Waals surface area contributed by atoms with Crippen LogP contribution in [0, 0.1) is 0 Å². The first kappa shape index (κ1) is 24.5.